The quantitative estimate of drug-likeness (QED) is 0.334. The molecule has 1 saturated carbocycles. The van der Waals surface area contributed by atoms with E-state index in [-0.39, 0.29) is 11.4 Å². The van der Waals surface area contributed by atoms with Gasteiger partial charge in [0, 0.05) is 54.8 Å². The Hall–Kier alpha value is -3.61. The number of pyridine rings is 2. The van der Waals surface area contributed by atoms with Crippen molar-refractivity contribution in [3.05, 3.63) is 66.6 Å². The van der Waals surface area contributed by atoms with Crippen LogP contribution in [0.1, 0.15) is 12.8 Å². The normalized spacial score (nSPS) is 16.5. The van der Waals surface area contributed by atoms with Crippen LogP contribution in [0.4, 0.5) is 14.5 Å². The van der Waals surface area contributed by atoms with E-state index >= 15 is 0 Å². The molecule has 12 heteroatoms. The molecule has 0 radical (unpaired) electrons. The van der Waals surface area contributed by atoms with Crippen molar-refractivity contribution in [1.29, 1.82) is 0 Å². The van der Waals surface area contributed by atoms with Crippen molar-refractivity contribution in [1.82, 2.24) is 19.3 Å². The van der Waals surface area contributed by atoms with E-state index in [4.69, 9.17) is 9.47 Å². The summed E-state index contributed by atoms with van der Waals surface area (Å²) in [5.74, 6) is -0.968. The molecule has 6 rings (SSSR count). The van der Waals surface area contributed by atoms with Crippen molar-refractivity contribution >= 4 is 21.4 Å². The molecule has 3 aromatic heterocycles. The Morgan fingerprint density at radius 3 is 2.59 bits per heavy atom. The molecule has 2 aliphatic rings. The molecule has 1 aliphatic heterocycles. The minimum absolute atomic E-state index is 0.0881. The molecule has 1 aromatic carbocycles. The van der Waals surface area contributed by atoms with Crippen LogP contribution in [0.2, 0.25) is 0 Å². The fourth-order valence-corrected chi connectivity index (χ4v) is 5.98. The zero-order valence-electron chi connectivity index (χ0n) is 21.0. The molecule has 4 heterocycles. The Bertz CT molecular complexity index is 1620. The van der Waals surface area contributed by atoms with Crippen molar-refractivity contribution in [2.24, 2.45) is 0 Å². The molecule has 204 valence electrons. The number of hydrogen-bond donors (Lipinski definition) is 1. The highest BCUT2D eigenvalue weighted by atomic mass is 32.2. The Labute approximate surface area is 224 Å². The third-order valence-corrected chi connectivity index (χ3v) is 8.67. The minimum Gasteiger partial charge on any atom is -0.492 e. The maximum atomic E-state index is 14.7. The van der Waals surface area contributed by atoms with Gasteiger partial charge in [-0.3, -0.25) is 19.0 Å². The summed E-state index contributed by atoms with van der Waals surface area (Å²) >= 11 is 0. The lowest BCUT2D eigenvalue weighted by molar-refractivity contribution is 0.0322. The third kappa shape index (κ3) is 5.72. The summed E-state index contributed by atoms with van der Waals surface area (Å²) in [6.45, 7) is 4.58. The smallest absolute Gasteiger partial charge is 0.235 e. The first-order chi connectivity index (χ1) is 18.9. The van der Waals surface area contributed by atoms with Gasteiger partial charge in [0.1, 0.15) is 29.5 Å². The van der Waals surface area contributed by atoms with Crippen LogP contribution < -0.4 is 9.46 Å². The number of morpholine rings is 1. The topological polar surface area (TPSA) is 98.1 Å². The van der Waals surface area contributed by atoms with E-state index in [0.717, 1.165) is 45.1 Å². The number of sulfonamides is 1. The Morgan fingerprint density at radius 2 is 1.82 bits per heavy atom. The summed E-state index contributed by atoms with van der Waals surface area (Å²) in [6, 6.07) is 9.24. The molecule has 39 heavy (non-hydrogen) atoms. The molecule has 4 aromatic rings. The molecule has 0 atom stereocenters. The molecule has 1 N–H and O–H groups in total. The van der Waals surface area contributed by atoms with E-state index in [0.29, 0.717) is 47.7 Å². The summed E-state index contributed by atoms with van der Waals surface area (Å²) < 4.78 is 69.3. The van der Waals surface area contributed by atoms with Crippen LogP contribution in [0.25, 0.3) is 28.2 Å². The Morgan fingerprint density at radius 1 is 1.03 bits per heavy atom. The number of hydrogen-bond acceptors (Lipinski definition) is 7. The third-order valence-electron chi connectivity index (χ3n) is 6.80. The molecular weight excluding hydrogens is 528 g/mol. The van der Waals surface area contributed by atoms with Crippen LogP contribution in [-0.2, 0) is 14.8 Å². The van der Waals surface area contributed by atoms with Gasteiger partial charge in [0.05, 0.1) is 36.6 Å². The number of aromatic nitrogens is 3. The van der Waals surface area contributed by atoms with Gasteiger partial charge in [-0.2, -0.15) is 0 Å². The highest BCUT2D eigenvalue weighted by molar-refractivity contribution is 7.93. The highest BCUT2D eigenvalue weighted by Crippen LogP contribution is 2.35. The average molecular weight is 556 g/mol. The predicted octanol–water partition coefficient (Wildman–Crippen LogP) is 3.96. The number of imidazole rings is 1. The molecule has 2 fully saturated rings. The second-order valence-corrected chi connectivity index (χ2v) is 11.6. The minimum atomic E-state index is -3.58. The maximum Gasteiger partial charge on any atom is 0.235 e. The van der Waals surface area contributed by atoms with Crippen molar-refractivity contribution in [2.75, 3.05) is 44.2 Å². The summed E-state index contributed by atoms with van der Waals surface area (Å²) in [4.78, 5) is 10.7. The summed E-state index contributed by atoms with van der Waals surface area (Å²) in [6.07, 6.45) is 5.59. The van der Waals surface area contributed by atoms with E-state index in [2.05, 4.69) is 19.6 Å². The maximum absolute atomic E-state index is 14.7. The lowest BCUT2D eigenvalue weighted by Crippen LogP contribution is -2.38. The Kier molecular flexibility index (Phi) is 6.92. The van der Waals surface area contributed by atoms with Gasteiger partial charge < -0.3 is 9.47 Å². The number of fused-ring (bicyclic) bond motifs is 1. The van der Waals surface area contributed by atoms with Gasteiger partial charge in [0.25, 0.3) is 0 Å². The standard InChI is InChI=1S/C27H27F2N5O4S/c28-20-14-24(29)27(31-16-20)19-11-18(12-21(13-19)32-39(35,36)23-1-2-23)25-17-30-26-15-22(3-4-34(25)26)38-10-7-33-5-8-37-9-6-33/h3-4,11-17,23,32H,1-2,5-10H2. The van der Waals surface area contributed by atoms with Gasteiger partial charge in [-0.1, -0.05) is 0 Å². The second-order valence-electron chi connectivity index (χ2n) is 9.67. The van der Waals surface area contributed by atoms with Crippen LogP contribution in [0.3, 0.4) is 0 Å². The number of rotatable bonds is 9. The van der Waals surface area contributed by atoms with Gasteiger partial charge in [-0.15, -0.1) is 0 Å². The fraction of sp³-hybridized carbons (Fsp3) is 0.333. The summed E-state index contributed by atoms with van der Waals surface area (Å²) in [7, 11) is -3.58. The van der Waals surface area contributed by atoms with Crippen LogP contribution in [0.15, 0.2) is 55.0 Å². The molecule has 0 bridgehead atoms. The number of ether oxygens (including phenoxy) is 2. The summed E-state index contributed by atoms with van der Waals surface area (Å²) in [5, 5.41) is -0.442. The molecule has 1 saturated heterocycles. The molecular formula is C27H27F2N5O4S. The lowest BCUT2D eigenvalue weighted by atomic mass is 10.0. The SMILES string of the molecule is O=S(=O)(Nc1cc(-c2ncc(F)cc2F)cc(-c2cnc3cc(OCCN4CCOCC4)ccn23)c1)C1CC1. The van der Waals surface area contributed by atoms with Crippen LogP contribution >= 0.6 is 0 Å². The zero-order valence-corrected chi connectivity index (χ0v) is 21.8. The number of nitrogens with zero attached hydrogens (tertiary/aromatic N) is 4. The van der Waals surface area contributed by atoms with Crippen molar-refractivity contribution in [2.45, 2.75) is 18.1 Å². The van der Waals surface area contributed by atoms with Crippen molar-refractivity contribution < 1.29 is 26.7 Å². The van der Waals surface area contributed by atoms with Crippen LogP contribution in [-0.4, -0.2) is 72.4 Å². The Balaban J connectivity index is 1.31. The fourth-order valence-electron chi connectivity index (χ4n) is 4.61. The number of halogens is 2. The van der Waals surface area contributed by atoms with E-state index in [1.165, 1.54) is 6.07 Å². The van der Waals surface area contributed by atoms with Crippen LogP contribution in [0.5, 0.6) is 5.75 Å². The van der Waals surface area contributed by atoms with Crippen molar-refractivity contribution in [3.8, 4) is 28.3 Å². The van der Waals surface area contributed by atoms with Gasteiger partial charge in [0.2, 0.25) is 10.0 Å². The number of nitrogens with one attached hydrogen (secondary N) is 1. The van der Waals surface area contributed by atoms with Gasteiger partial charge in [0.15, 0.2) is 5.82 Å². The van der Waals surface area contributed by atoms with Gasteiger partial charge in [-0.25, -0.2) is 22.2 Å². The largest absolute Gasteiger partial charge is 0.492 e. The molecule has 0 amide bonds. The number of anilines is 1. The molecule has 0 unspecified atom stereocenters. The zero-order chi connectivity index (χ0) is 27.0. The van der Waals surface area contributed by atoms with E-state index in [9.17, 15) is 17.2 Å². The lowest BCUT2D eigenvalue weighted by Gasteiger charge is -2.26. The van der Waals surface area contributed by atoms with Crippen LogP contribution in [0, 0.1) is 11.6 Å². The highest BCUT2D eigenvalue weighted by Gasteiger charge is 2.36. The van der Waals surface area contributed by atoms with E-state index < -0.39 is 26.9 Å². The van der Waals surface area contributed by atoms with E-state index in [1.54, 1.807) is 18.3 Å². The first-order valence-electron chi connectivity index (χ1n) is 12.7. The summed E-state index contributed by atoms with van der Waals surface area (Å²) in [5.41, 5.74) is 2.34. The first kappa shape index (κ1) is 25.7. The number of benzene rings is 1. The average Bonchev–Trinajstić information content (AvgIpc) is 3.70. The predicted molar refractivity (Wildman–Crippen MR) is 142 cm³/mol. The molecule has 0 spiro atoms. The van der Waals surface area contributed by atoms with E-state index in [1.807, 2.05) is 22.7 Å². The van der Waals surface area contributed by atoms with Gasteiger partial charge >= 0.3 is 0 Å². The molecule has 1 aliphatic carbocycles. The van der Waals surface area contributed by atoms with Crippen molar-refractivity contribution in [3.63, 3.8) is 0 Å². The monoisotopic (exact) mass is 555 g/mol. The first-order valence-corrected chi connectivity index (χ1v) is 14.3. The molecule has 9 nitrogen and oxygen atoms in total. The second kappa shape index (κ2) is 10.5. The van der Waals surface area contributed by atoms with Gasteiger partial charge in [-0.05, 0) is 37.1 Å².